The van der Waals surface area contributed by atoms with Gasteiger partial charge < -0.3 is 9.51 Å². The third kappa shape index (κ3) is 2.55. The molecule has 0 aliphatic carbocycles. The van der Waals surface area contributed by atoms with Crippen molar-refractivity contribution >= 4 is 11.0 Å². The second kappa shape index (κ2) is 5.73. The molecule has 6 heteroatoms. The van der Waals surface area contributed by atoms with E-state index in [4.69, 9.17) is 4.52 Å². The minimum absolute atomic E-state index is 0.205. The molecule has 0 fully saturated rings. The molecule has 0 unspecified atom stereocenters. The van der Waals surface area contributed by atoms with Gasteiger partial charge in [0.15, 0.2) is 0 Å². The Balaban J connectivity index is 1.93. The molecule has 126 valence electrons. The molecular formula is C19H16FN3O2. The number of imidazole rings is 1. The van der Waals surface area contributed by atoms with Crippen molar-refractivity contribution < 1.29 is 8.91 Å². The van der Waals surface area contributed by atoms with Gasteiger partial charge in [0.05, 0.1) is 17.8 Å². The van der Waals surface area contributed by atoms with Crippen LogP contribution in [0.4, 0.5) is 4.39 Å². The first-order valence-electron chi connectivity index (χ1n) is 7.94. The summed E-state index contributed by atoms with van der Waals surface area (Å²) in [6.45, 7) is 3.96. The Bertz CT molecular complexity index is 1100. The van der Waals surface area contributed by atoms with E-state index in [1.165, 1.54) is 10.6 Å². The maximum absolute atomic E-state index is 14.6. The number of H-pyrrole nitrogens is 1. The van der Waals surface area contributed by atoms with Gasteiger partial charge in [0, 0.05) is 5.56 Å². The fraction of sp³-hybridized carbons (Fsp3) is 0.158. The van der Waals surface area contributed by atoms with Crippen LogP contribution in [0.3, 0.4) is 0 Å². The maximum atomic E-state index is 14.6. The Morgan fingerprint density at radius 2 is 1.96 bits per heavy atom. The summed E-state index contributed by atoms with van der Waals surface area (Å²) in [7, 11) is 0. The maximum Gasteiger partial charge on any atom is 0.326 e. The van der Waals surface area contributed by atoms with E-state index in [-0.39, 0.29) is 11.2 Å². The molecule has 2 aromatic heterocycles. The molecule has 0 radical (unpaired) electrons. The summed E-state index contributed by atoms with van der Waals surface area (Å²) >= 11 is 0. The zero-order valence-electron chi connectivity index (χ0n) is 13.8. The van der Waals surface area contributed by atoms with Crippen LogP contribution in [0.1, 0.15) is 17.0 Å². The molecule has 25 heavy (non-hydrogen) atoms. The summed E-state index contributed by atoms with van der Waals surface area (Å²) in [6.07, 6.45) is 0. The minimum Gasteiger partial charge on any atom is -0.361 e. The average Bonchev–Trinajstić information content (AvgIpc) is 3.09. The molecule has 5 nitrogen and oxygen atoms in total. The third-order valence-corrected chi connectivity index (χ3v) is 4.34. The normalized spacial score (nSPS) is 11.3. The zero-order chi connectivity index (χ0) is 17.6. The second-order valence-corrected chi connectivity index (χ2v) is 6.05. The summed E-state index contributed by atoms with van der Waals surface area (Å²) in [4.78, 5) is 14.9. The quantitative estimate of drug-likeness (QED) is 0.619. The van der Waals surface area contributed by atoms with Crippen molar-refractivity contribution in [3.05, 3.63) is 75.8 Å². The molecule has 1 N–H and O–H groups in total. The van der Waals surface area contributed by atoms with Crippen molar-refractivity contribution in [2.75, 3.05) is 0 Å². The van der Waals surface area contributed by atoms with E-state index in [9.17, 15) is 9.18 Å². The Labute approximate surface area is 142 Å². The van der Waals surface area contributed by atoms with Gasteiger partial charge in [-0.25, -0.2) is 9.18 Å². The summed E-state index contributed by atoms with van der Waals surface area (Å²) in [6, 6.07) is 12.8. The fourth-order valence-electron chi connectivity index (χ4n) is 3.18. The standard InChI is InChI=1S/C19H16FN3O2/c1-11-17(12(2)25-22-11)14-8-15(20)18-16(9-14)23(19(24)21-18)10-13-6-4-3-5-7-13/h3-9H,10H2,1-2H3,(H,21,24). The molecule has 2 heterocycles. The van der Waals surface area contributed by atoms with Crippen molar-refractivity contribution in [2.45, 2.75) is 20.4 Å². The second-order valence-electron chi connectivity index (χ2n) is 6.05. The van der Waals surface area contributed by atoms with Crippen LogP contribution in [0.15, 0.2) is 51.8 Å². The van der Waals surface area contributed by atoms with Gasteiger partial charge in [-0.05, 0) is 37.1 Å². The lowest BCUT2D eigenvalue weighted by molar-refractivity contribution is 0.393. The smallest absolute Gasteiger partial charge is 0.326 e. The van der Waals surface area contributed by atoms with E-state index in [1.54, 1.807) is 13.0 Å². The number of rotatable bonds is 3. The van der Waals surface area contributed by atoms with Gasteiger partial charge in [-0.15, -0.1) is 0 Å². The van der Waals surface area contributed by atoms with Gasteiger partial charge >= 0.3 is 5.69 Å². The first-order chi connectivity index (χ1) is 12.0. The van der Waals surface area contributed by atoms with Crippen LogP contribution in [-0.4, -0.2) is 14.7 Å². The third-order valence-electron chi connectivity index (χ3n) is 4.34. The highest BCUT2D eigenvalue weighted by Crippen LogP contribution is 2.30. The SMILES string of the molecule is Cc1noc(C)c1-c1cc(F)c2[nH]c(=O)n(Cc3ccccc3)c2c1. The van der Waals surface area contributed by atoms with Crippen LogP contribution in [0.25, 0.3) is 22.2 Å². The molecule has 4 rings (SSSR count). The van der Waals surface area contributed by atoms with Gasteiger partial charge in [0.25, 0.3) is 0 Å². The Hall–Kier alpha value is -3.15. The Kier molecular flexibility index (Phi) is 3.53. The van der Waals surface area contributed by atoms with Gasteiger partial charge in [-0.3, -0.25) is 4.57 Å². The molecular weight excluding hydrogens is 321 g/mol. The van der Waals surface area contributed by atoms with Crippen molar-refractivity contribution in [1.82, 2.24) is 14.7 Å². The number of hydrogen-bond donors (Lipinski definition) is 1. The molecule has 0 aliphatic rings. The number of benzene rings is 2. The van der Waals surface area contributed by atoms with Crippen molar-refractivity contribution in [3.8, 4) is 11.1 Å². The van der Waals surface area contributed by atoms with Crippen molar-refractivity contribution in [3.63, 3.8) is 0 Å². The van der Waals surface area contributed by atoms with Crippen LogP contribution in [0, 0.1) is 19.7 Å². The first kappa shape index (κ1) is 15.4. The number of hydrogen-bond acceptors (Lipinski definition) is 3. The number of aromatic nitrogens is 3. The van der Waals surface area contributed by atoms with E-state index in [2.05, 4.69) is 10.1 Å². The van der Waals surface area contributed by atoms with Crippen LogP contribution < -0.4 is 5.69 Å². The molecule has 0 aliphatic heterocycles. The highest BCUT2D eigenvalue weighted by atomic mass is 19.1. The minimum atomic E-state index is -0.476. The highest BCUT2D eigenvalue weighted by molar-refractivity contribution is 5.83. The number of nitrogens with zero attached hydrogens (tertiary/aromatic N) is 2. The lowest BCUT2D eigenvalue weighted by atomic mass is 10.0. The van der Waals surface area contributed by atoms with E-state index in [0.717, 1.165) is 11.1 Å². The van der Waals surface area contributed by atoms with E-state index in [1.807, 2.05) is 37.3 Å². The number of aryl methyl sites for hydroxylation is 2. The summed E-state index contributed by atoms with van der Waals surface area (Å²) in [5.74, 6) is 0.139. The van der Waals surface area contributed by atoms with Gasteiger partial charge in [-0.2, -0.15) is 0 Å². The van der Waals surface area contributed by atoms with Crippen LogP contribution in [0.5, 0.6) is 0 Å². The lowest BCUT2D eigenvalue weighted by Gasteiger charge is -2.06. The molecule has 0 atom stereocenters. The zero-order valence-corrected chi connectivity index (χ0v) is 13.8. The summed E-state index contributed by atoms with van der Waals surface area (Å²) < 4.78 is 21.3. The summed E-state index contributed by atoms with van der Waals surface area (Å²) in [5, 5.41) is 3.92. The van der Waals surface area contributed by atoms with Gasteiger partial charge in [0.2, 0.25) is 0 Å². The fourth-order valence-corrected chi connectivity index (χ4v) is 3.18. The molecule has 2 aromatic carbocycles. The lowest BCUT2D eigenvalue weighted by Crippen LogP contribution is -2.17. The van der Waals surface area contributed by atoms with Crippen LogP contribution in [-0.2, 0) is 6.54 Å². The number of nitrogens with one attached hydrogen (secondary N) is 1. The molecule has 0 amide bonds. The monoisotopic (exact) mass is 337 g/mol. The van der Waals surface area contributed by atoms with Crippen LogP contribution >= 0.6 is 0 Å². The molecule has 0 bridgehead atoms. The average molecular weight is 337 g/mol. The topological polar surface area (TPSA) is 63.8 Å². The Morgan fingerprint density at radius 1 is 1.20 bits per heavy atom. The largest absolute Gasteiger partial charge is 0.361 e. The van der Waals surface area contributed by atoms with Gasteiger partial charge in [-0.1, -0.05) is 35.5 Å². The predicted molar refractivity (Wildman–Crippen MR) is 93.0 cm³/mol. The predicted octanol–water partition coefficient (Wildman–Crippen LogP) is 3.79. The van der Waals surface area contributed by atoms with Crippen molar-refractivity contribution in [2.24, 2.45) is 0 Å². The summed E-state index contributed by atoms with van der Waals surface area (Å²) in [5.41, 5.74) is 3.43. The molecule has 4 aromatic rings. The van der Waals surface area contributed by atoms with E-state index < -0.39 is 5.82 Å². The molecule has 0 saturated heterocycles. The first-order valence-corrected chi connectivity index (χ1v) is 7.94. The molecule has 0 spiro atoms. The number of aromatic amines is 1. The van der Waals surface area contributed by atoms with E-state index >= 15 is 0 Å². The molecule has 0 saturated carbocycles. The highest BCUT2D eigenvalue weighted by Gasteiger charge is 2.17. The van der Waals surface area contributed by atoms with Gasteiger partial charge in [0.1, 0.15) is 17.1 Å². The number of fused-ring (bicyclic) bond motifs is 1. The number of halogens is 1. The van der Waals surface area contributed by atoms with E-state index in [0.29, 0.717) is 29.1 Å². The Morgan fingerprint density at radius 3 is 2.64 bits per heavy atom. The van der Waals surface area contributed by atoms with Crippen molar-refractivity contribution in [1.29, 1.82) is 0 Å². The van der Waals surface area contributed by atoms with Crippen LogP contribution in [0.2, 0.25) is 0 Å².